The number of aromatic nitrogens is 4. The minimum atomic E-state index is -0.563. The first-order chi connectivity index (χ1) is 14.0. The van der Waals surface area contributed by atoms with Gasteiger partial charge in [-0.05, 0) is 54.1 Å². The lowest BCUT2D eigenvalue weighted by Gasteiger charge is -2.13. The maximum atomic E-state index is 12.4. The van der Waals surface area contributed by atoms with Gasteiger partial charge in [-0.25, -0.2) is 0 Å². The van der Waals surface area contributed by atoms with Crippen molar-refractivity contribution in [3.05, 3.63) is 59.7 Å². The van der Waals surface area contributed by atoms with Crippen LogP contribution in [0.3, 0.4) is 0 Å². The number of nitrogens with zero attached hydrogens (tertiary/aromatic N) is 4. The zero-order valence-electron chi connectivity index (χ0n) is 16.1. The number of hydrogen-bond donors (Lipinski definition) is 2. The van der Waals surface area contributed by atoms with Crippen molar-refractivity contribution in [1.29, 1.82) is 0 Å². The third-order valence-corrected chi connectivity index (χ3v) is 5.02. The summed E-state index contributed by atoms with van der Waals surface area (Å²) < 4.78 is 6.90. The second-order valence-corrected chi connectivity index (χ2v) is 7.43. The summed E-state index contributed by atoms with van der Waals surface area (Å²) in [6.45, 7) is 3.65. The molecule has 0 saturated carbocycles. The van der Waals surface area contributed by atoms with Crippen molar-refractivity contribution >= 4 is 23.6 Å². The van der Waals surface area contributed by atoms with Gasteiger partial charge in [0.1, 0.15) is 11.4 Å². The van der Waals surface area contributed by atoms with Gasteiger partial charge in [0.15, 0.2) is 0 Å². The number of amides is 2. The molecule has 10 heteroatoms. The van der Waals surface area contributed by atoms with Crippen molar-refractivity contribution in [2.45, 2.75) is 24.3 Å². The Morgan fingerprint density at radius 1 is 1.14 bits per heavy atom. The number of ether oxygens (including phenoxy) is 1. The Balaban J connectivity index is 1.67. The summed E-state index contributed by atoms with van der Waals surface area (Å²) in [7, 11) is 1.57. The molecule has 1 aromatic heterocycles. The number of tetrazole rings is 1. The molecule has 3 rings (SSSR count). The monoisotopic (exact) mass is 412 g/mol. The normalized spacial score (nSPS) is 11.6. The summed E-state index contributed by atoms with van der Waals surface area (Å²) >= 11 is 1.16. The molecule has 29 heavy (non-hydrogen) atoms. The van der Waals surface area contributed by atoms with E-state index in [4.69, 9.17) is 4.74 Å². The third kappa shape index (κ3) is 4.91. The standard InChI is InChI=1S/C19H20N6O3S/c1-12-9-10-16(28-3)15(11-12)25-19(22-23-24-25)29-13(2)17(26)20-21-18(27)14-7-5-4-6-8-14/h4-11,13H,1-3H3,(H,20,26)(H,21,27)/t13-/m0/s1. The Kier molecular flexibility index (Phi) is 6.45. The van der Waals surface area contributed by atoms with Crippen molar-refractivity contribution in [3.8, 4) is 11.4 Å². The highest BCUT2D eigenvalue weighted by atomic mass is 32.2. The Bertz CT molecular complexity index is 1010. The topological polar surface area (TPSA) is 111 Å². The van der Waals surface area contributed by atoms with E-state index in [2.05, 4.69) is 26.4 Å². The van der Waals surface area contributed by atoms with E-state index in [0.717, 1.165) is 17.3 Å². The molecule has 0 saturated heterocycles. The van der Waals surface area contributed by atoms with Gasteiger partial charge < -0.3 is 4.74 Å². The lowest BCUT2D eigenvalue weighted by atomic mass is 10.2. The summed E-state index contributed by atoms with van der Waals surface area (Å²) in [5, 5.41) is 11.6. The molecular weight excluding hydrogens is 392 g/mol. The molecule has 3 aromatic rings. The van der Waals surface area contributed by atoms with Crippen molar-refractivity contribution in [2.24, 2.45) is 0 Å². The number of benzene rings is 2. The van der Waals surface area contributed by atoms with Gasteiger partial charge in [0.2, 0.25) is 5.16 Å². The van der Waals surface area contributed by atoms with Crippen LogP contribution in [-0.4, -0.2) is 44.4 Å². The first kappa shape index (κ1) is 20.3. The summed E-state index contributed by atoms with van der Waals surface area (Å²) in [6, 6.07) is 14.3. The molecule has 1 heterocycles. The highest BCUT2D eigenvalue weighted by molar-refractivity contribution is 8.00. The maximum Gasteiger partial charge on any atom is 0.269 e. The number of nitrogens with one attached hydrogen (secondary N) is 2. The van der Waals surface area contributed by atoms with E-state index in [1.54, 1.807) is 38.3 Å². The van der Waals surface area contributed by atoms with Crippen LogP contribution < -0.4 is 15.6 Å². The van der Waals surface area contributed by atoms with E-state index in [-0.39, 0.29) is 5.91 Å². The van der Waals surface area contributed by atoms with Crippen LogP contribution in [-0.2, 0) is 4.79 Å². The minimum Gasteiger partial charge on any atom is -0.494 e. The molecule has 9 nitrogen and oxygen atoms in total. The predicted molar refractivity (Wildman–Crippen MR) is 108 cm³/mol. The van der Waals surface area contributed by atoms with Crippen LogP contribution in [0.1, 0.15) is 22.8 Å². The number of hydrogen-bond acceptors (Lipinski definition) is 7. The van der Waals surface area contributed by atoms with Gasteiger partial charge in [0.25, 0.3) is 11.8 Å². The van der Waals surface area contributed by atoms with Gasteiger partial charge in [0, 0.05) is 5.56 Å². The van der Waals surface area contributed by atoms with Crippen molar-refractivity contribution in [2.75, 3.05) is 7.11 Å². The quantitative estimate of drug-likeness (QED) is 0.470. The number of hydrazine groups is 1. The second-order valence-electron chi connectivity index (χ2n) is 6.12. The number of carbonyl (C=O) groups is 2. The summed E-state index contributed by atoms with van der Waals surface area (Å²) in [6.07, 6.45) is 0. The average Bonchev–Trinajstić information content (AvgIpc) is 3.20. The van der Waals surface area contributed by atoms with E-state index >= 15 is 0 Å². The highest BCUT2D eigenvalue weighted by Crippen LogP contribution is 2.28. The molecular formula is C19H20N6O3S. The molecule has 2 amide bonds. The molecule has 0 spiro atoms. The first-order valence-electron chi connectivity index (χ1n) is 8.75. The third-order valence-electron chi connectivity index (χ3n) is 3.99. The fraction of sp³-hybridized carbons (Fsp3) is 0.211. The highest BCUT2D eigenvalue weighted by Gasteiger charge is 2.21. The number of methoxy groups -OCH3 is 1. The van der Waals surface area contributed by atoms with Gasteiger partial charge in [-0.15, -0.1) is 5.10 Å². The molecule has 2 N–H and O–H groups in total. The number of aryl methyl sites for hydroxylation is 1. The Morgan fingerprint density at radius 3 is 2.62 bits per heavy atom. The van der Waals surface area contributed by atoms with E-state index in [1.165, 1.54) is 4.68 Å². The molecule has 0 aliphatic heterocycles. The van der Waals surface area contributed by atoms with Crippen molar-refractivity contribution in [3.63, 3.8) is 0 Å². The zero-order chi connectivity index (χ0) is 20.8. The van der Waals surface area contributed by atoms with E-state index in [0.29, 0.717) is 22.2 Å². The fourth-order valence-corrected chi connectivity index (χ4v) is 3.26. The van der Waals surface area contributed by atoms with Gasteiger partial charge in [0.05, 0.1) is 12.4 Å². The molecule has 150 valence electrons. The molecule has 0 fully saturated rings. The average molecular weight is 412 g/mol. The van der Waals surface area contributed by atoms with E-state index < -0.39 is 11.2 Å². The lowest BCUT2D eigenvalue weighted by molar-refractivity contribution is -0.121. The number of carbonyl (C=O) groups excluding carboxylic acids is 2. The maximum absolute atomic E-state index is 12.4. The predicted octanol–water partition coefficient (Wildman–Crippen LogP) is 1.92. The zero-order valence-corrected chi connectivity index (χ0v) is 16.9. The molecule has 0 radical (unpaired) electrons. The molecule has 0 bridgehead atoms. The summed E-state index contributed by atoms with van der Waals surface area (Å²) in [4.78, 5) is 24.4. The Morgan fingerprint density at radius 2 is 1.90 bits per heavy atom. The van der Waals surface area contributed by atoms with E-state index in [1.807, 2.05) is 31.2 Å². The first-order valence-corrected chi connectivity index (χ1v) is 9.63. The molecule has 0 aliphatic rings. The van der Waals surface area contributed by atoms with E-state index in [9.17, 15) is 9.59 Å². The van der Waals surface area contributed by atoms with Crippen LogP contribution in [0.5, 0.6) is 5.75 Å². The SMILES string of the molecule is COc1ccc(C)cc1-n1nnnc1S[C@@H](C)C(=O)NNC(=O)c1ccccc1. The van der Waals surface area contributed by atoms with Crippen LogP contribution in [0.15, 0.2) is 53.7 Å². The van der Waals surface area contributed by atoms with Gasteiger partial charge in [-0.1, -0.05) is 36.0 Å². The van der Waals surface area contributed by atoms with Gasteiger partial charge in [-0.2, -0.15) is 4.68 Å². The summed E-state index contributed by atoms with van der Waals surface area (Å²) in [5.41, 5.74) is 6.96. The Labute approximate surface area is 171 Å². The van der Waals surface area contributed by atoms with Crippen LogP contribution in [0, 0.1) is 6.92 Å². The molecule has 0 unspecified atom stereocenters. The molecule has 2 aromatic carbocycles. The Hall–Kier alpha value is -3.40. The molecule has 0 aliphatic carbocycles. The largest absolute Gasteiger partial charge is 0.494 e. The summed E-state index contributed by atoms with van der Waals surface area (Å²) in [5.74, 6) is -0.174. The van der Waals surface area contributed by atoms with Gasteiger partial charge in [-0.3, -0.25) is 20.4 Å². The van der Waals surface area contributed by atoms with Crippen LogP contribution >= 0.6 is 11.8 Å². The van der Waals surface area contributed by atoms with Gasteiger partial charge >= 0.3 is 0 Å². The minimum absolute atomic E-state index is 0.384. The van der Waals surface area contributed by atoms with Crippen LogP contribution in [0.25, 0.3) is 5.69 Å². The van der Waals surface area contributed by atoms with Crippen LogP contribution in [0.4, 0.5) is 0 Å². The lowest BCUT2D eigenvalue weighted by Crippen LogP contribution is -2.44. The number of rotatable bonds is 6. The second kappa shape index (κ2) is 9.20. The number of thioether (sulfide) groups is 1. The van der Waals surface area contributed by atoms with Crippen LogP contribution in [0.2, 0.25) is 0 Å². The van der Waals surface area contributed by atoms with Crippen molar-refractivity contribution < 1.29 is 14.3 Å². The fourth-order valence-electron chi connectivity index (χ4n) is 2.46. The van der Waals surface area contributed by atoms with Crippen molar-refractivity contribution in [1.82, 2.24) is 31.1 Å². The smallest absolute Gasteiger partial charge is 0.269 e. The molecule has 1 atom stereocenters.